The molecule has 2 aliphatic rings. The van der Waals surface area contributed by atoms with Crippen LogP contribution in [0.4, 0.5) is 5.69 Å². The third-order valence-corrected chi connectivity index (χ3v) is 9.34. The Morgan fingerprint density at radius 2 is 1.62 bits per heavy atom. The molecule has 37 heavy (non-hydrogen) atoms. The van der Waals surface area contributed by atoms with E-state index in [1.165, 1.54) is 54.2 Å². The highest BCUT2D eigenvalue weighted by Gasteiger charge is 2.39. The number of hydrogen-bond donors (Lipinski definition) is 1. The van der Waals surface area contributed by atoms with Crippen molar-refractivity contribution in [1.29, 1.82) is 0 Å². The smallest absolute Gasteiger partial charge is 0.124 e. The lowest BCUT2D eigenvalue weighted by molar-refractivity contribution is 0.429. The Morgan fingerprint density at radius 1 is 0.838 bits per heavy atom. The lowest BCUT2D eigenvalue weighted by Gasteiger charge is -2.38. The molecular weight excluding hydrogens is 468 g/mol. The van der Waals surface area contributed by atoms with Crippen molar-refractivity contribution in [2.75, 3.05) is 5.32 Å². The lowest BCUT2D eigenvalue weighted by atomic mass is 9.75. The molecule has 0 amide bonds. The zero-order valence-electron chi connectivity index (χ0n) is 20.6. The number of nitrogens with zero attached hydrogens (tertiary/aromatic N) is 1. The van der Waals surface area contributed by atoms with E-state index in [2.05, 4.69) is 115 Å². The first-order valence-corrected chi connectivity index (χ1v) is 13.9. The number of nitrogens with one attached hydrogen (secondary N) is 1. The van der Waals surface area contributed by atoms with Crippen LogP contribution in [-0.2, 0) is 0 Å². The summed E-state index contributed by atoms with van der Waals surface area (Å²) in [6.45, 7) is 2.14. The number of allylic oxidation sites excluding steroid dienone is 2. The number of thiazole rings is 1. The van der Waals surface area contributed by atoms with Gasteiger partial charge in [-0.05, 0) is 93.9 Å². The van der Waals surface area contributed by atoms with E-state index in [1.54, 1.807) is 11.3 Å². The number of aromatic nitrogens is 1. The van der Waals surface area contributed by atoms with Crippen molar-refractivity contribution in [2.45, 2.75) is 25.3 Å². The Hall–Kier alpha value is -3.95. The normalized spacial score (nSPS) is 20.3. The molecule has 0 saturated heterocycles. The number of fused-ring (bicyclic) bond motifs is 6. The van der Waals surface area contributed by atoms with Gasteiger partial charge in [0.1, 0.15) is 5.01 Å². The van der Waals surface area contributed by atoms with E-state index < -0.39 is 0 Å². The van der Waals surface area contributed by atoms with Gasteiger partial charge in [0.05, 0.1) is 16.3 Å². The molecule has 0 unspecified atom stereocenters. The van der Waals surface area contributed by atoms with Gasteiger partial charge in [0.25, 0.3) is 0 Å². The molecule has 1 aliphatic heterocycles. The molecule has 2 nitrogen and oxygen atoms in total. The van der Waals surface area contributed by atoms with Crippen LogP contribution in [0, 0.1) is 12.8 Å². The van der Waals surface area contributed by atoms with Gasteiger partial charge < -0.3 is 5.32 Å². The summed E-state index contributed by atoms with van der Waals surface area (Å²) in [7, 11) is 0. The molecular formula is C34H26N2S. The number of benzene rings is 5. The highest BCUT2D eigenvalue weighted by Crippen LogP contribution is 2.52. The first-order chi connectivity index (χ1) is 18.2. The predicted octanol–water partition coefficient (Wildman–Crippen LogP) is 9.40. The van der Waals surface area contributed by atoms with Gasteiger partial charge in [0, 0.05) is 17.2 Å². The van der Waals surface area contributed by atoms with Crippen molar-refractivity contribution < 1.29 is 0 Å². The van der Waals surface area contributed by atoms with Gasteiger partial charge in [-0.1, -0.05) is 66.7 Å². The maximum Gasteiger partial charge on any atom is 0.124 e. The second-order valence-corrected chi connectivity index (χ2v) is 11.5. The van der Waals surface area contributed by atoms with Crippen LogP contribution in [0.1, 0.15) is 35.1 Å². The molecule has 3 atom stereocenters. The molecule has 5 aromatic carbocycles. The minimum Gasteiger partial charge on any atom is -0.378 e. The van der Waals surface area contributed by atoms with Crippen LogP contribution >= 0.6 is 11.3 Å². The van der Waals surface area contributed by atoms with Crippen LogP contribution in [0.15, 0.2) is 103 Å². The van der Waals surface area contributed by atoms with Crippen molar-refractivity contribution >= 4 is 48.8 Å². The van der Waals surface area contributed by atoms with Crippen LogP contribution < -0.4 is 5.32 Å². The van der Waals surface area contributed by atoms with E-state index in [4.69, 9.17) is 4.98 Å². The van der Waals surface area contributed by atoms with Gasteiger partial charge in [0.2, 0.25) is 0 Å². The van der Waals surface area contributed by atoms with Gasteiger partial charge in [-0.2, -0.15) is 0 Å². The molecule has 3 heteroatoms. The summed E-state index contributed by atoms with van der Waals surface area (Å²) >= 11 is 1.79. The molecule has 6 aromatic rings. The van der Waals surface area contributed by atoms with E-state index in [0.29, 0.717) is 11.8 Å². The Labute approximate surface area is 220 Å². The van der Waals surface area contributed by atoms with Gasteiger partial charge in [-0.3, -0.25) is 0 Å². The molecule has 0 saturated carbocycles. The second kappa shape index (κ2) is 8.03. The molecule has 178 valence electrons. The molecule has 0 bridgehead atoms. The van der Waals surface area contributed by atoms with Crippen molar-refractivity contribution in [1.82, 2.24) is 4.98 Å². The monoisotopic (exact) mass is 494 g/mol. The summed E-state index contributed by atoms with van der Waals surface area (Å²) in [5, 5.41) is 10.5. The first kappa shape index (κ1) is 21.2. The Morgan fingerprint density at radius 3 is 2.43 bits per heavy atom. The van der Waals surface area contributed by atoms with Gasteiger partial charge >= 0.3 is 0 Å². The van der Waals surface area contributed by atoms with E-state index in [9.17, 15) is 0 Å². The number of anilines is 1. The van der Waals surface area contributed by atoms with Crippen LogP contribution in [0.5, 0.6) is 0 Å². The van der Waals surface area contributed by atoms with Gasteiger partial charge in [-0.15, -0.1) is 11.3 Å². The van der Waals surface area contributed by atoms with Crippen molar-refractivity contribution in [2.24, 2.45) is 5.92 Å². The molecule has 1 aromatic heterocycles. The van der Waals surface area contributed by atoms with Crippen LogP contribution in [0.25, 0.3) is 42.3 Å². The highest BCUT2D eigenvalue weighted by molar-refractivity contribution is 7.21. The quantitative estimate of drug-likeness (QED) is 0.192. The van der Waals surface area contributed by atoms with Crippen LogP contribution in [0.3, 0.4) is 0 Å². The highest BCUT2D eigenvalue weighted by atomic mass is 32.1. The van der Waals surface area contributed by atoms with E-state index >= 15 is 0 Å². The zero-order chi connectivity index (χ0) is 24.5. The Kier molecular flexibility index (Phi) is 4.59. The largest absolute Gasteiger partial charge is 0.378 e. The summed E-state index contributed by atoms with van der Waals surface area (Å²) in [6.07, 6.45) is 5.92. The lowest BCUT2D eigenvalue weighted by Crippen LogP contribution is -2.29. The SMILES string of the molecule is Cc1ccc2nc(-c3ccc4c(c3)[C@@H]3C=CC[C@@H]3[C@H](c3c5ccccc5cc5ccccc35)N4)sc2c1. The van der Waals surface area contributed by atoms with E-state index in [-0.39, 0.29) is 6.04 Å². The minimum absolute atomic E-state index is 0.250. The fraction of sp³-hybridized carbons (Fsp3) is 0.147. The predicted molar refractivity (Wildman–Crippen MR) is 158 cm³/mol. The third-order valence-electron chi connectivity index (χ3n) is 8.28. The standard InChI is InChI=1S/C34H26N2S/c1-20-13-15-30-31(17-20)37-34(36-30)23-14-16-29-28(19-23)26-11-6-12-27(26)33(35-29)32-24-9-4-2-7-21(24)18-22-8-3-5-10-25(22)32/h2-11,13-19,26-27,33,35H,12H2,1H3/t26-,27+,33-/m1/s1. The average Bonchev–Trinajstić information content (AvgIpc) is 3.59. The Bertz CT molecular complexity index is 1820. The third kappa shape index (κ3) is 3.27. The van der Waals surface area contributed by atoms with E-state index in [0.717, 1.165) is 16.9 Å². The summed E-state index contributed by atoms with van der Waals surface area (Å²) in [6, 6.07) is 33.8. The maximum atomic E-state index is 4.97. The summed E-state index contributed by atoms with van der Waals surface area (Å²) in [5.41, 5.74) is 7.66. The summed E-state index contributed by atoms with van der Waals surface area (Å²) in [5.74, 6) is 0.880. The first-order valence-electron chi connectivity index (χ1n) is 13.1. The van der Waals surface area contributed by atoms with Gasteiger partial charge in [0.15, 0.2) is 0 Å². The zero-order valence-corrected chi connectivity index (χ0v) is 21.4. The minimum atomic E-state index is 0.250. The van der Waals surface area contributed by atoms with Crippen LogP contribution in [0.2, 0.25) is 0 Å². The summed E-state index contributed by atoms with van der Waals surface area (Å²) in [4.78, 5) is 4.97. The van der Waals surface area contributed by atoms with Crippen molar-refractivity contribution in [3.63, 3.8) is 0 Å². The van der Waals surface area contributed by atoms with Crippen LogP contribution in [-0.4, -0.2) is 4.98 Å². The summed E-state index contributed by atoms with van der Waals surface area (Å²) < 4.78 is 1.26. The van der Waals surface area contributed by atoms with Crippen molar-refractivity contribution in [3.05, 3.63) is 120 Å². The topological polar surface area (TPSA) is 24.9 Å². The molecule has 8 rings (SSSR count). The molecule has 0 fully saturated rings. The number of aryl methyl sites for hydroxylation is 1. The average molecular weight is 495 g/mol. The fourth-order valence-electron chi connectivity index (χ4n) is 6.55. The number of hydrogen-bond acceptors (Lipinski definition) is 3. The van der Waals surface area contributed by atoms with Gasteiger partial charge in [-0.25, -0.2) is 4.98 Å². The number of rotatable bonds is 2. The molecule has 2 heterocycles. The maximum absolute atomic E-state index is 4.97. The molecule has 1 aliphatic carbocycles. The van der Waals surface area contributed by atoms with Crippen molar-refractivity contribution in [3.8, 4) is 10.6 Å². The Balaban J connectivity index is 1.28. The molecule has 1 N–H and O–H groups in total. The second-order valence-electron chi connectivity index (χ2n) is 10.5. The fourth-order valence-corrected chi connectivity index (χ4v) is 7.61. The molecule has 0 radical (unpaired) electrons. The van der Waals surface area contributed by atoms with E-state index in [1.807, 2.05) is 0 Å². The molecule has 0 spiro atoms.